The molecular weight excluding hydrogens is 374 g/mol. The van der Waals surface area contributed by atoms with Crippen molar-refractivity contribution in [2.24, 2.45) is 0 Å². The van der Waals surface area contributed by atoms with Crippen molar-refractivity contribution in [3.8, 4) is 17.3 Å². The molecule has 0 aliphatic carbocycles. The fraction of sp³-hybridized carbons (Fsp3) is 0.160. The van der Waals surface area contributed by atoms with Crippen LogP contribution in [0, 0.1) is 18.3 Å². The van der Waals surface area contributed by atoms with Gasteiger partial charge in [0.1, 0.15) is 11.8 Å². The lowest BCUT2D eigenvalue weighted by molar-refractivity contribution is 0.0952. The van der Waals surface area contributed by atoms with E-state index in [0.29, 0.717) is 40.2 Å². The molecular formula is C25H23N3O2. The zero-order valence-electron chi connectivity index (χ0n) is 17.0. The van der Waals surface area contributed by atoms with Crippen LogP contribution in [0.15, 0.2) is 60.7 Å². The summed E-state index contributed by atoms with van der Waals surface area (Å²) < 4.78 is 0. The van der Waals surface area contributed by atoms with E-state index in [1.165, 1.54) is 6.08 Å². The molecule has 5 nitrogen and oxygen atoms in total. The smallest absolute Gasteiger partial charge is 0.253 e. The maximum atomic E-state index is 12.9. The number of nitrogens with one attached hydrogen (secondary N) is 1. The standard InChI is InChI=1S/C25H23N3O2/c1-3-14-27-25(30)23-17(2)20(16-26)24(19-12-8-5-9-13-19)28-21(23)15-22(29)18-10-6-4-7-11-18/h4-13,15,29H,3,14H2,1-2H3,(H,27,30)/b22-15+. The van der Waals surface area contributed by atoms with Crippen molar-refractivity contribution in [2.75, 3.05) is 6.54 Å². The topological polar surface area (TPSA) is 86.0 Å². The van der Waals surface area contributed by atoms with Crippen molar-refractivity contribution in [3.05, 3.63) is 88.6 Å². The molecule has 0 atom stereocenters. The summed E-state index contributed by atoms with van der Waals surface area (Å²) in [4.78, 5) is 17.6. The Labute approximate surface area is 176 Å². The van der Waals surface area contributed by atoms with Crippen LogP contribution >= 0.6 is 0 Å². The molecule has 3 aromatic rings. The highest BCUT2D eigenvalue weighted by atomic mass is 16.3. The molecule has 0 fully saturated rings. The first-order valence-corrected chi connectivity index (χ1v) is 9.81. The molecule has 1 amide bonds. The summed E-state index contributed by atoms with van der Waals surface area (Å²) >= 11 is 0. The summed E-state index contributed by atoms with van der Waals surface area (Å²) in [7, 11) is 0. The number of carbonyl (C=O) groups excluding carboxylic acids is 1. The van der Waals surface area contributed by atoms with Crippen molar-refractivity contribution in [1.29, 1.82) is 5.26 Å². The van der Waals surface area contributed by atoms with E-state index in [-0.39, 0.29) is 11.7 Å². The molecule has 0 spiro atoms. The number of aliphatic hydroxyl groups is 1. The Hall–Kier alpha value is -3.91. The van der Waals surface area contributed by atoms with E-state index in [9.17, 15) is 15.2 Å². The summed E-state index contributed by atoms with van der Waals surface area (Å²) in [6, 6.07) is 20.6. The third-order valence-electron chi connectivity index (χ3n) is 4.74. The number of amides is 1. The van der Waals surface area contributed by atoms with Crippen molar-refractivity contribution in [3.63, 3.8) is 0 Å². The predicted octanol–water partition coefficient (Wildman–Crippen LogP) is 5.12. The zero-order valence-corrected chi connectivity index (χ0v) is 17.0. The second kappa shape index (κ2) is 9.53. The van der Waals surface area contributed by atoms with Crippen molar-refractivity contribution in [1.82, 2.24) is 10.3 Å². The molecule has 0 bridgehead atoms. The molecule has 0 aliphatic heterocycles. The Morgan fingerprint density at radius 1 is 1.13 bits per heavy atom. The molecule has 1 heterocycles. The lowest BCUT2D eigenvalue weighted by atomic mass is 9.95. The summed E-state index contributed by atoms with van der Waals surface area (Å²) in [5, 5.41) is 23.3. The molecule has 2 aromatic carbocycles. The maximum Gasteiger partial charge on any atom is 0.253 e. The van der Waals surface area contributed by atoms with E-state index < -0.39 is 0 Å². The van der Waals surface area contributed by atoms with Crippen LogP contribution in [0.3, 0.4) is 0 Å². The first-order chi connectivity index (χ1) is 14.6. The molecule has 1 aromatic heterocycles. The molecule has 5 heteroatoms. The molecule has 2 N–H and O–H groups in total. The fourth-order valence-electron chi connectivity index (χ4n) is 3.21. The number of pyridine rings is 1. The summed E-state index contributed by atoms with van der Waals surface area (Å²) in [6.07, 6.45) is 2.27. The molecule has 30 heavy (non-hydrogen) atoms. The summed E-state index contributed by atoms with van der Waals surface area (Å²) in [5.74, 6) is -0.319. The van der Waals surface area contributed by atoms with Gasteiger partial charge in [0.15, 0.2) is 0 Å². The van der Waals surface area contributed by atoms with Crippen LogP contribution in [0.1, 0.15) is 46.1 Å². The van der Waals surface area contributed by atoms with E-state index in [1.807, 2.05) is 55.5 Å². The zero-order chi connectivity index (χ0) is 21.5. The van der Waals surface area contributed by atoms with Gasteiger partial charge in [-0.05, 0) is 18.9 Å². The van der Waals surface area contributed by atoms with Gasteiger partial charge in [-0.25, -0.2) is 4.98 Å². The highest BCUT2D eigenvalue weighted by Gasteiger charge is 2.22. The number of hydrogen-bond acceptors (Lipinski definition) is 4. The van der Waals surface area contributed by atoms with Crippen LogP contribution < -0.4 is 5.32 Å². The average molecular weight is 397 g/mol. The van der Waals surface area contributed by atoms with E-state index in [2.05, 4.69) is 16.4 Å². The van der Waals surface area contributed by atoms with E-state index in [0.717, 1.165) is 12.0 Å². The van der Waals surface area contributed by atoms with Crippen molar-refractivity contribution in [2.45, 2.75) is 20.3 Å². The number of aromatic nitrogens is 1. The lowest BCUT2D eigenvalue weighted by Gasteiger charge is -2.15. The van der Waals surface area contributed by atoms with Crippen LogP contribution in [0.5, 0.6) is 0 Å². The quantitative estimate of drug-likeness (QED) is 0.565. The van der Waals surface area contributed by atoms with Gasteiger partial charge >= 0.3 is 0 Å². The van der Waals surface area contributed by atoms with Gasteiger partial charge in [-0.15, -0.1) is 0 Å². The van der Waals surface area contributed by atoms with Gasteiger partial charge < -0.3 is 10.4 Å². The number of nitriles is 1. The largest absolute Gasteiger partial charge is 0.507 e. The number of benzene rings is 2. The van der Waals surface area contributed by atoms with E-state index in [1.54, 1.807) is 19.1 Å². The number of aliphatic hydroxyl groups excluding tert-OH is 1. The number of hydrogen-bond donors (Lipinski definition) is 2. The van der Waals surface area contributed by atoms with Gasteiger partial charge in [0, 0.05) is 23.7 Å². The van der Waals surface area contributed by atoms with Crippen molar-refractivity contribution < 1.29 is 9.90 Å². The van der Waals surface area contributed by atoms with Gasteiger partial charge in [-0.2, -0.15) is 5.26 Å². The minimum absolute atomic E-state index is 0.00393. The minimum Gasteiger partial charge on any atom is -0.507 e. The average Bonchev–Trinajstić information content (AvgIpc) is 2.78. The molecule has 3 rings (SSSR count). The third-order valence-corrected chi connectivity index (χ3v) is 4.74. The number of carbonyl (C=O) groups is 1. The number of rotatable bonds is 6. The minimum atomic E-state index is -0.315. The first kappa shape index (κ1) is 20.8. The number of nitrogens with zero attached hydrogens (tertiary/aromatic N) is 2. The van der Waals surface area contributed by atoms with Crippen LogP contribution in [-0.4, -0.2) is 22.5 Å². The fourth-order valence-corrected chi connectivity index (χ4v) is 3.21. The van der Waals surface area contributed by atoms with Crippen LogP contribution in [-0.2, 0) is 0 Å². The van der Waals surface area contributed by atoms with Gasteiger partial charge in [0.2, 0.25) is 0 Å². The first-order valence-electron chi connectivity index (χ1n) is 9.81. The Morgan fingerprint density at radius 2 is 1.77 bits per heavy atom. The predicted molar refractivity (Wildman–Crippen MR) is 119 cm³/mol. The highest BCUT2D eigenvalue weighted by molar-refractivity contribution is 6.01. The Morgan fingerprint density at radius 3 is 2.37 bits per heavy atom. The second-order valence-electron chi connectivity index (χ2n) is 6.85. The Kier molecular flexibility index (Phi) is 6.61. The highest BCUT2D eigenvalue weighted by Crippen LogP contribution is 2.29. The van der Waals surface area contributed by atoms with Crippen LogP contribution in [0.4, 0.5) is 0 Å². The molecule has 0 unspecified atom stereocenters. The monoisotopic (exact) mass is 397 g/mol. The van der Waals surface area contributed by atoms with Gasteiger partial charge in [0.05, 0.1) is 22.5 Å². The molecule has 0 radical (unpaired) electrons. The SMILES string of the molecule is CCCNC(=O)c1c(/C=C(/O)c2ccccc2)nc(-c2ccccc2)c(C#N)c1C. The maximum absolute atomic E-state index is 12.9. The summed E-state index contributed by atoms with van der Waals surface area (Å²) in [5.41, 5.74) is 3.36. The van der Waals surface area contributed by atoms with Gasteiger partial charge in [-0.1, -0.05) is 67.6 Å². The van der Waals surface area contributed by atoms with Crippen LogP contribution in [0.25, 0.3) is 23.1 Å². The van der Waals surface area contributed by atoms with Crippen LogP contribution in [0.2, 0.25) is 0 Å². The second-order valence-corrected chi connectivity index (χ2v) is 6.85. The van der Waals surface area contributed by atoms with E-state index in [4.69, 9.17) is 0 Å². The molecule has 0 aliphatic rings. The normalized spacial score (nSPS) is 11.0. The lowest BCUT2D eigenvalue weighted by Crippen LogP contribution is -2.26. The molecule has 0 saturated carbocycles. The Bertz CT molecular complexity index is 1110. The summed E-state index contributed by atoms with van der Waals surface area (Å²) in [6.45, 7) is 4.21. The van der Waals surface area contributed by atoms with E-state index >= 15 is 0 Å². The van der Waals surface area contributed by atoms with Gasteiger partial charge in [-0.3, -0.25) is 4.79 Å². The Balaban J connectivity index is 2.25. The van der Waals surface area contributed by atoms with Crippen molar-refractivity contribution >= 4 is 17.7 Å². The molecule has 0 saturated heterocycles. The van der Waals surface area contributed by atoms with Gasteiger partial charge in [0.25, 0.3) is 5.91 Å². The third kappa shape index (κ3) is 4.39. The molecule has 150 valence electrons.